The maximum absolute atomic E-state index is 12.2. The summed E-state index contributed by atoms with van der Waals surface area (Å²) < 4.78 is 7.04. The number of hydrogen-bond donors (Lipinski definition) is 2. The summed E-state index contributed by atoms with van der Waals surface area (Å²) in [7, 11) is 1.85. The van der Waals surface area contributed by atoms with Gasteiger partial charge in [-0.3, -0.25) is 9.59 Å². The van der Waals surface area contributed by atoms with Crippen molar-refractivity contribution in [3.8, 4) is 11.4 Å². The molecule has 0 aliphatic carbocycles. The summed E-state index contributed by atoms with van der Waals surface area (Å²) in [5.74, 6) is 1.26. The monoisotopic (exact) mass is 473 g/mol. The third-order valence-electron chi connectivity index (χ3n) is 4.84. The fourth-order valence-corrected chi connectivity index (χ4v) is 3.84. The SMILES string of the molecule is Cn1c(SCC(=O)NCc2ccco2)nnc1-c1ccc(NC(=O)/C=C/c2ccccc2)cc1. The van der Waals surface area contributed by atoms with Crippen LogP contribution in [0.2, 0.25) is 0 Å². The van der Waals surface area contributed by atoms with Crippen molar-refractivity contribution in [2.45, 2.75) is 11.7 Å². The van der Waals surface area contributed by atoms with Crippen LogP contribution in [0.25, 0.3) is 17.5 Å². The number of nitrogens with one attached hydrogen (secondary N) is 2. The van der Waals surface area contributed by atoms with E-state index >= 15 is 0 Å². The Morgan fingerprint density at radius 1 is 1.03 bits per heavy atom. The largest absolute Gasteiger partial charge is 0.467 e. The van der Waals surface area contributed by atoms with Crippen LogP contribution < -0.4 is 10.6 Å². The zero-order valence-electron chi connectivity index (χ0n) is 18.5. The molecule has 0 atom stereocenters. The molecule has 34 heavy (non-hydrogen) atoms. The van der Waals surface area contributed by atoms with Gasteiger partial charge in [0.15, 0.2) is 11.0 Å². The summed E-state index contributed by atoms with van der Waals surface area (Å²) in [4.78, 5) is 24.3. The van der Waals surface area contributed by atoms with Crippen LogP contribution in [0.4, 0.5) is 5.69 Å². The molecule has 0 radical (unpaired) electrons. The number of furan rings is 1. The summed E-state index contributed by atoms with van der Waals surface area (Å²) >= 11 is 1.31. The second-order valence-corrected chi connectivity index (χ2v) is 8.26. The number of aromatic nitrogens is 3. The molecule has 2 amide bonds. The molecule has 0 spiro atoms. The number of amides is 2. The summed E-state index contributed by atoms with van der Waals surface area (Å²) in [6, 6.07) is 20.6. The highest BCUT2D eigenvalue weighted by Crippen LogP contribution is 2.24. The smallest absolute Gasteiger partial charge is 0.248 e. The number of nitrogens with zero attached hydrogens (tertiary/aromatic N) is 3. The van der Waals surface area contributed by atoms with Crippen LogP contribution >= 0.6 is 11.8 Å². The minimum atomic E-state index is -0.209. The van der Waals surface area contributed by atoms with Crippen LogP contribution in [0.1, 0.15) is 11.3 Å². The lowest BCUT2D eigenvalue weighted by atomic mass is 10.2. The first kappa shape index (κ1) is 23.1. The Morgan fingerprint density at radius 2 is 1.82 bits per heavy atom. The molecular weight excluding hydrogens is 450 g/mol. The molecule has 0 aliphatic rings. The number of thioether (sulfide) groups is 1. The van der Waals surface area contributed by atoms with Gasteiger partial charge in [0.1, 0.15) is 5.76 Å². The van der Waals surface area contributed by atoms with Gasteiger partial charge in [0, 0.05) is 24.4 Å². The van der Waals surface area contributed by atoms with Crippen molar-refractivity contribution in [2.24, 2.45) is 7.05 Å². The molecule has 4 aromatic rings. The molecule has 2 N–H and O–H groups in total. The summed E-state index contributed by atoms with van der Waals surface area (Å²) in [5, 5.41) is 14.7. The van der Waals surface area contributed by atoms with E-state index in [1.807, 2.05) is 66.2 Å². The van der Waals surface area contributed by atoms with Gasteiger partial charge < -0.3 is 19.6 Å². The number of anilines is 1. The molecule has 2 aromatic heterocycles. The summed E-state index contributed by atoms with van der Waals surface area (Å²) in [6.07, 6.45) is 4.83. The zero-order valence-corrected chi connectivity index (χ0v) is 19.3. The van der Waals surface area contributed by atoms with E-state index in [1.54, 1.807) is 24.5 Å². The number of hydrogen-bond acceptors (Lipinski definition) is 6. The van der Waals surface area contributed by atoms with Crippen LogP contribution in [0.5, 0.6) is 0 Å². The molecule has 0 aliphatic heterocycles. The fraction of sp³-hybridized carbons (Fsp3) is 0.120. The van der Waals surface area contributed by atoms with Crippen LogP contribution in [0.15, 0.2) is 88.6 Å². The number of rotatable bonds is 9. The van der Waals surface area contributed by atoms with Gasteiger partial charge in [-0.1, -0.05) is 42.1 Å². The number of carbonyl (C=O) groups is 2. The molecule has 2 aromatic carbocycles. The lowest BCUT2D eigenvalue weighted by Gasteiger charge is -2.06. The van der Waals surface area contributed by atoms with Gasteiger partial charge >= 0.3 is 0 Å². The topological polar surface area (TPSA) is 102 Å². The van der Waals surface area contributed by atoms with Crippen molar-refractivity contribution in [3.63, 3.8) is 0 Å². The van der Waals surface area contributed by atoms with Crippen molar-refractivity contribution in [1.82, 2.24) is 20.1 Å². The van der Waals surface area contributed by atoms with Crippen molar-refractivity contribution >= 4 is 35.3 Å². The molecule has 0 fully saturated rings. The Hall–Kier alpha value is -4.11. The normalized spacial score (nSPS) is 11.0. The Balaban J connectivity index is 1.30. The van der Waals surface area contributed by atoms with Gasteiger partial charge in [0.05, 0.1) is 18.6 Å². The van der Waals surface area contributed by atoms with E-state index in [0.717, 1.165) is 11.1 Å². The van der Waals surface area contributed by atoms with Gasteiger partial charge in [0.2, 0.25) is 11.8 Å². The maximum atomic E-state index is 12.2. The van der Waals surface area contributed by atoms with Gasteiger partial charge in [-0.15, -0.1) is 10.2 Å². The Kier molecular flexibility index (Phi) is 7.56. The van der Waals surface area contributed by atoms with E-state index < -0.39 is 0 Å². The first-order valence-electron chi connectivity index (χ1n) is 10.5. The van der Waals surface area contributed by atoms with E-state index in [-0.39, 0.29) is 17.6 Å². The molecule has 0 saturated heterocycles. The molecular formula is C25H23N5O3S. The molecule has 9 heteroatoms. The quantitative estimate of drug-likeness (QED) is 0.280. The molecule has 0 bridgehead atoms. The van der Waals surface area contributed by atoms with Gasteiger partial charge in [-0.2, -0.15) is 0 Å². The third-order valence-corrected chi connectivity index (χ3v) is 5.86. The molecule has 2 heterocycles. The van der Waals surface area contributed by atoms with Gasteiger partial charge in [-0.05, 0) is 48.0 Å². The predicted molar refractivity (Wildman–Crippen MR) is 132 cm³/mol. The lowest BCUT2D eigenvalue weighted by Crippen LogP contribution is -2.24. The van der Waals surface area contributed by atoms with Crippen molar-refractivity contribution in [3.05, 3.63) is 90.4 Å². The van der Waals surface area contributed by atoms with Crippen LogP contribution in [0.3, 0.4) is 0 Å². The minimum Gasteiger partial charge on any atom is -0.467 e. The van der Waals surface area contributed by atoms with Crippen LogP contribution in [-0.4, -0.2) is 32.3 Å². The highest BCUT2D eigenvalue weighted by Gasteiger charge is 2.13. The van der Waals surface area contributed by atoms with E-state index in [9.17, 15) is 9.59 Å². The summed E-state index contributed by atoms with van der Waals surface area (Å²) in [6.45, 7) is 0.349. The van der Waals surface area contributed by atoms with Crippen molar-refractivity contribution in [2.75, 3.05) is 11.1 Å². The van der Waals surface area contributed by atoms with E-state index in [4.69, 9.17) is 4.42 Å². The van der Waals surface area contributed by atoms with E-state index in [0.29, 0.717) is 29.0 Å². The number of benzene rings is 2. The van der Waals surface area contributed by atoms with Crippen LogP contribution in [-0.2, 0) is 23.2 Å². The maximum Gasteiger partial charge on any atom is 0.248 e. The standard InChI is InChI=1S/C25H23N5O3S/c1-30-24(28-29-25(30)34-17-23(32)26-16-21-8-5-15-33-21)19-10-12-20(13-11-19)27-22(31)14-9-18-6-3-2-4-7-18/h2-15H,16-17H2,1H3,(H,26,32)(H,27,31)/b14-9+. The molecule has 0 unspecified atom stereocenters. The molecule has 8 nitrogen and oxygen atoms in total. The average Bonchev–Trinajstić information content (AvgIpc) is 3.51. The molecule has 0 saturated carbocycles. The second-order valence-electron chi connectivity index (χ2n) is 7.32. The first-order chi connectivity index (χ1) is 16.6. The molecule has 4 rings (SSSR count). The third kappa shape index (κ3) is 6.23. The van der Waals surface area contributed by atoms with Gasteiger partial charge in [-0.25, -0.2) is 0 Å². The summed E-state index contributed by atoms with van der Waals surface area (Å²) in [5.41, 5.74) is 2.48. The second kappa shape index (κ2) is 11.2. The highest BCUT2D eigenvalue weighted by atomic mass is 32.2. The average molecular weight is 474 g/mol. The fourth-order valence-electron chi connectivity index (χ4n) is 3.09. The van der Waals surface area contributed by atoms with E-state index in [1.165, 1.54) is 17.8 Å². The Morgan fingerprint density at radius 3 is 2.56 bits per heavy atom. The lowest BCUT2D eigenvalue weighted by molar-refractivity contribution is -0.118. The minimum absolute atomic E-state index is 0.118. The zero-order chi connectivity index (χ0) is 23.8. The van der Waals surface area contributed by atoms with Crippen molar-refractivity contribution < 1.29 is 14.0 Å². The van der Waals surface area contributed by atoms with Crippen molar-refractivity contribution in [1.29, 1.82) is 0 Å². The van der Waals surface area contributed by atoms with Gasteiger partial charge in [0.25, 0.3) is 0 Å². The van der Waals surface area contributed by atoms with E-state index in [2.05, 4.69) is 20.8 Å². The molecule has 172 valence electrons. The first-order valence-corrected chi connectivity index (χ1v) is 11.5. The predicted octanol–water partition coefficient (Wildman–Crippen LogP) is 4.14. The number of carbonyl (C=O) groups excluding carboxylic acids is 2. The Labute approximate surface area is 201 Å². The highest BCUT2D eigenvalue weighted by molar-refractivity contribution is 7.99. The van der Waals surface area contributed by atoms with Crippen LogP contribution in [0, 0.1) is 0 Å². The Bertz CT molecular complexity index is 1270.